The molecule has 0 amide bonds. The van der Waals surface area contributed by atoms with E-state index in [0.717, 1.165) is 17.1 Å². The van der Waals surface area contributed by atoms with E-state index in [1.165, 1.54) is 88.7 Å². The molecule has 0 bridgehead atoms. The maximum Gasteiger partial charge on any atom is 0.0465 e. The van der Waals surface area contributed by atoms with Crippen molar-refractivity contribution < 1.29 is 0 Å². The second-order valence-corrected chi connectivity index (χ2v) is 17.0. The summed E-state index contributed by atoms with van der Waals surface area (Å²) in [5, 5.41) is 2.52. The molecule has 0 saturated heterocycles. The summed E-state index contributed by atoms with van der Waals surface area (Å²) < 4.78 is 0. The smallest absolute Gasteiger partial charge is 0.0465 e. The molecule has 294 valence electrons. The fourth-order valence-electron chi connectivity index (χ4n) is 9.50. The Kier molecular flexibility index (Phi) is 9.24. The predicted molar refractivity (Wildman–Crippen MR) is 263 cm³/mol. The Bertz CT molecular complexity index is 3230. The fraction of sp³-hybridized carbons (Fsp3) is 0.0492. The van der Waals surface area contributed by atoms with Crippen LogP contribution in [-0.4, -0.2) is 0 Å². The first-order valence-corrected chi connectivity index (χ1v) is 21.6. The quantitative estimate of drug-likeness (QED) is 0.148. The maximum atomic E-state index is 2.41. The Morgan fingerprint density at radius 1 is 0.258 bits per heavy atom. The molecular formula is C61H45N. The molecule has 1 aliphatic rings. The number of benzene rings is 10. The number of hydrogen-bond acceptors (Lipinski definition) is 1. The highest BCUT2D eigenvalue weighted by atomic mass is 15.1. The highest BCUT2D eigenvalue weighted by Crippen LogP contribution is 2.50. The monoisotopic (exact) mass is 791 g/mol. The molecule has 0 N–H and O–H groups in total. The van der Waals surface area contributed by atoms with Crippen LogP contribution in [0, 0.1) is 0 Å². The molecule has 0 saturated carbocycles. The van der Waals surface area contributed by atoms with Gasteiger partial charge in [-0.2, -0.15) is 0 Å². The van der Waals surface area contributed by atoms with E-state index in [2.05, 4.69) is 255 Å². The largest absolute Gasteiger partial charge is 0.310 e. The standard InChI is InChI=1S/C61H45N/c1-61(2)59-21-9-8-20-57(59)58-37-36-56(41-60(58)61)62(54-32-28-46(29-33-54)45-24-22-44(23-25-45)42-12-4-3-5-13-42)55-34-30-47(31-35-55)49-16-10-17-50(38-49)51-18-11-19-52(40-51)53-27-26-43-14-6-7-15-48(43)39-53/h3-41H,1-2H3. The van der Waals surface area contributed by atoms with E-state index in [1.807, 2.05) is 0 Å². The van der Waals surface area contributed by atoms with Crippen LogP contribution < -0.4 is 4.90 Å². The number of hydrogen-bond donors (Lipinski definition) is 0. The molecule has 0 atom stereocenters. The molecule has 11 rings (SSSR count). The third-order valence-electron chi connectivity index (χ3n) is 12.9. The Morgan fingerprint density at radius 3 is 1.27 bits per heavy atom. The number of anilines is 3. The zero-order chi connectivity index (χ0) is 41.6. The van der Waals surface area contributed by atoms with Gasteiger partial charge in [0.25, 0.3) is 0 Å². The summed E-state index contributed by atoms with van der Waals surface area (Å²) >= 11 is 0. The Morgan fingerprint density at radius 2 is 0.661 bits per heavy atom. The van der Waals surface area contributed by atoms with Crippen molar-refractivity contribution in [3.63, 3.8) is 0 Å². The van der Waals surface area contributed by atoms with Gasteiger partial charge in [0.1, 0.15) is 0 Å². The lowest BCUT2D eigenvalue weighted by molar-refractivity contribution is 0.660. The normalized spacial score (nSPS) is 12.5. The van der Waals surface area contributed by atoms with E-state index in [4.69, 9.17) is 0 Å². The van der Waals surface area contributed by atoms with E-state index in [1.54, 1.807) is 0 Å². The highest BCUT2D eigenvalue weighted by Gasteiger charge is 2.35. The van der Waals surface area contributed by atoms with Gasteiger partial charge in [0, 0.05) is 22.5 Å². The van der Waals surface area contributed by atoms with Crippen molar-refractivity contribution in [2.75, 3.05) is 4.90 Å². The second-order valence-electron chi connectivity index (χ2n) is 17.0. The van der Waals surface area contributed by atoms with Crippen LogP contribution in [0.1, 0.15) is 25.0 Å². The van der Waals surface area contributed by atoms with Gasteiger partial charge in [0.2, 0.25) is 0 Å². The number of nitrogens with zero attached hydrogens (tertiary/aromatic N) is 1. The van der Waals surface area contributed by atoms with Crippen LogP contribution >= 0.6 is 0 Å². The summed E-state index contributed by atoms with van der Waals surface area (Å²) in [5.74, 6) is 0. The third-order valence-corrected chi connectivity index (χ3v) is 12.9. The van der Waals surface area contributed by atoms with Crippen molar-refractivity contribution in [3.05, 3.63) is 248 Å². The minimum atomic E-state index is -0.104. The van der Waals surface area contributed by atoms with Gasteiger partial charge in [-0.25, -0.2) is 0 Å². The molecule has 0 heterocycles. The van der Waals surface area contributed by atoms with Crippen molar-refractivity contribution >= 4 is 27.8 Å². The molecular weight excluding hydrogens is 747 g/mol. The first-order chi connectivity index (χ1) is 30.5. The predicted octanol–water partition coefficient (Wildman–Crippen LogP) is 17.0. The van der Waals surface area contributed by atoms with Gasteiger partial charge in [-0.05, 0) is 143 Å². The average molecular weight is 792 g/mol. The van der Waals surface area contributed by atoms with E-state index >= 15 is 0 Å². The van der Waals surface area contributed by atoms with Crippen molar-refractivity contribution in [1.29, 1.82) is 0 Å². The Labute approximate surface area is 364 Å². The zero-order valence-electron chi connectivity index (χ0n) is 35.0. The Hall–Kier alpha value is -7.74. The van der Waals surface area contributed by atoms with Gasteiger partial charge in [-0.15, -0.1) is 0 Å². The van der Waals surface area contributed by atoms with Crippen molar-refractivity contribution in [3.8, 4) is 66.8 Å². The summed E-state index contributed by atoms with van der Waals surface area (Å²) in [6.07, 6.45) is 0. The highest BCUT2D eigenvalue weighted by molar-refractivity contribution is 5.89. The molecule has 0 spiro atoms. The van der Waals surface area contributed by atoms with Crippen LogP contribution in [-0.2, 0) is 5.41 Å². The molecule has 1 nitrogen and oxygen atoms in total. The van der Waals surface area contributed by atoms with Crippen molar-refractivity contribution in [2.24, 2.45) is 0 Å². The van der Waals surface area contributed by atoms with Gasteiger partial charge < -0.3 is 4.90 Å². The SMILES string of the molecule is CC1(C)c2ccccc2-c2ccc(N(c3ccc(-c4ccc(-c5ccccc5)cc4)cc3)c3ccc(-c4cccc(-c5cccc(-c6ccc7ccccc7c6)c5)c4)cc3)cc21. The maximum absolute atomic E-state index is 2.41. The van der Waals surface area contributed by atoms with Crippen LogP contribution in [0.15, 0.2) is 237 Å². The van der Waals surface area contributed by atoms with Gasteiger partial charge >= 0.3 is 0 Å². The first-order valence-electron chi connectivity index (χ1n) is 21.6. The average Bonchev–Trinajstić information content (AvgIpc) is 3.57. The van der Waals surface area contributed by atoms with Gasteiger partial charge in [0.05, 0.1) is 0 Å². The fourth-order valence-corrected chi connectivity index (χ4v) is 9.50. The molecule has 1 heteroatoms. The molecule has 0 unspecified atom stereocenters. The van der Waals surface area contributed by atoms with Crippen molar-refractivity contribution in [2.45, 2.75) is 19.3 Å². The summed E-state index contributed by atoms with van der Waals surface area (Å²) in [4.78, 5) is 2.40. The summed E-state index contributed by atoms with van der Waals surface area (Å²) in [6.45, 7) is 4.71. The van der Waals surface area contributed by atoms with Crippen LogP contribution in [0.2, 0.25) is 0 Å². The summed E-state index contributed by atoms with van der Waals surface area (Å²) in [6, 6.07) is 86.6. The number of rotatable bonds is 8. The van der Waals surface area contributed by atoms with E-state index in [-0.39, 0.29) is 5.41 Å². The zero-order valence-corrected chi connectivity index (χ0v) is 35.0. The van der Waals surface area contributed by atoms with Crippen LogP contribution in [0.4, 0.5) is 17.1 Å². The lowest BCUT2D eigenvalue weighted by Crippen LogP contribution is -2.16. The number of fused-ring (bicyclic) bond motifs is 4. The summed E-state index contributed by atoms with van der Waals surface area (Å²) in [7, 11) is 0. The molecule has 0 aromatic heterocycles. The molecule has 10 aromatic rings. The van der Waals surface area contributed by atoms with Crippen LogP contribution in [0.25, 0.3) is 77.5 Å². The molecule has 1 aliphatic carbocycles. The van der Waals surface area contributed by atoms with E-state index < -0.39 is 0 Å². The van der Waals surface area contributed by atoms with Gasteiger partial charge in [-0.1, -0.05) is 196 Å². The van der Waals surface area contributed by atoms with E-state index in [0.29, 0.717) is 0 Å². The lowest BCUT2D eigenvalue weighted by atomic mass is 9.82. The summed E-state index contributed by atoms with van der Waals surface area (Å²) in [5.41, 5.74) is 20.7. The van der Waals surface area contributed by atoms with Gasteiger partial charge in [-0.3, -0.25) is 0 Å². The topological polar surface area (TPSA) is 3.24 Å². The van der Waals surface area contributed by atoms with Crippen LogP contribution in [0.5, 0.6) is 0 Å². The van der Waals surface area contributed by atoms with Crippen LogP contribution in [0.3, 0.4) is 0 Å². The molecule has 0 radical (unpaired) electrons. The molecule has 10 aromatic carbocycles. The molecule has 0 fully saturated rings. The van der Waals surface area contributed by atoms with Gasteiger partial charge in [0.15, 0.2) is 0 Å². The minimum absolute atomic E-state index is 0.104. The first kappa shape index (κ1) is 37.3. The van der Waals surface area contributed by atoms with Crippen molar-refractivity contribution in [1.82, 2.24) is 0 Å². The van der Waals surface area contributed by atoms with E-state index in [9.17, 15) is 0 Å². The molecule has 62 heavy (non-hydrogen) atoms. The minimum Gasteiger partial charge on any atom is -0.310 e. The Balaban J connectivity index is 0.929. The third kappa shape index (κ3) is 6.79. The lowest BCUT2D eigenvalue weighted by Gasteiger charge is -2.28. The molecule has 0 aliphatic heterocycles. The second kappa shape index (κ2) is 15.4.